The molecule has 0 aromatic carbocycles. The van der Waals surface area contributed by atoms with Gasteiger partial charge < -0.3 is 10.2 Å². The van der Waals surface area contributed by atoms with Crippen molar-refractivity contribution in [3.8, 4) is 0 Å². The standard InChI is InChI=1S/C11H22F3N3/c1-16(2)7-8-17(9-11(12,13)14)10-3-5-15-6-4-10/h10,15H,3-9H2,1-2H3. The molecule has 0 unspecified atom stereocenters. The quantitative estimate of drug-likeness (QED) is 0.793. The number of likely N-dealkylation sites (N-methyl/N-ethyl adjacent to an activating group) is 1. The summed E-state index contributed by atoms with van der Waals surface area (Å²) in [5.74, 6) is 0. The lowest BCUT2D eigenvalue weighted by Gasteiger charge is -2.35. The predicted octanol–water partition coefficient (Wildman–Crippen LogP) is 1.16. The predicted molar refractivity (Wildman–Crippen MR) is 62.1 cm³/mol. The smallest absolute Gasteiger partial charge is 0.317 e. The van der Waals surface area contributed by atoms with E-state index >= 15 is 0 Å². The molecule has 1 N–H and O–H groups in total. The van der Waals surface area contributed by atoms with Gasteiger partial charge in [0.2, 0.25) is 0 Å². The van der Waals surface area contributed by atoms with Crippen molar-refractivity contribution in [2.75, 3.05) is 46.8 Å². The molecule has 1 aliphatic heterocycles. The maximum atomic E-state index is 12.5. The number of nitrogens with zero attached hydrogens (tertiary/aromatic N) is 2. The van der Waals surface area contributed by atoms with E-state index in [0.717, 1.165) is 25.9 Å². The molecule has 0 spiro atoms. The lowest BCUT2D eigenvalue weighted by molar-refractivity contribution is -0.152. The second kappa shape index (κ2) is 6.56. The maximum absolute atomic E-state index is 12.5. The van der Waals surface area contributed by atoms with Gasteiger partial charge in [-0.15, -0.1) is 0 Å². The number of alkyl halides is 3. The first-order valence-electron chi connectivity index (χ1n) is 6.05. The van der Waals surface area contributed by atoms with Gasteiger partial charge in [-0.05, 0) is 40.0 Å². The van der Waals surface area contributed by atoms with Gasteiger partial charge in [0.25, 0.3) is 0 Å². The zero-order chi connectivity index (χ0) is 12.9. The van der Waals surface area contributed by atoms with Gasteiger partial charge in [-0.2, -0.15) is 13.2 Å². The number of rotatable bonds is 5. The maximum Gasteiger partial charge on any atom is 0.401 e. The minimum Gasteiger partial charge on any atom is -0.317 e. The van der Waals surface area contributed by atoms with Crippen molar-refractivity contribution >= 4 is 0 Å². The largest absolute Gasteiger partial charge is 0.401 e. The van der Waals surface area contributed by atoms with E-state index in [0.29, 0.717) is 13.1 Å². The van der Waals surface area contributed by atoms with Gasteiger partial charge >= 0.3 is 6.18 Å². The molecule has 0 saturated carbocycles. The summed E-state index contributed by atoms with van der Waals surface area (Å²) in [6.07, 6.45) is -2.48. The minimum absolute atomic E-state index is 0.0674. The molecule has 1 fully saturated rings. The van der Waals surface area contributed by atoms with Crippen molar-refractivity contribution in [2.24, 2.45) is 0 Å². The highest BCUT2D eigenvalue weighted by molar-refractivity contribution is 4.79. The van der Waals surface area contributed by atoms with Gasteiger partial charge in [0.1, 0.15) is 0 Å². The topological polar surface area (TPSA) is 18.5 Å². The Kier molecular flexibility index (Phi) is 5.69. The third-order valence-electron chi connectivity index (χ3n) is 3.04. The summed E-state index contributed by atoms with van der Waals surface area (Å²) in [6.45, 7) is 2.00. The van der Waals surface area contributed by atoms with Crippen LogP contribution >= 0.6 is 0 Å². The van der Waals surface area contributed by atoms with Gasteiger partial charge in [-0.1, -0.05) is 0 Å². The van der Waals surface area contributed by atoms with E-state index in [-0.39, 0.29) is 6.04 Å². The summed E-state index contributed by atoms with van der Waals surface area (Å²) < 4.78 is 37.5. The van der Waals surface area contributed by atoms with Crippen molar-refractivity contribution in [3.05, 3.63) is 0 Å². The Bertz CT molecular complexity index is 212. The van der Waals surface area contributed by atoms with Crippen LogP contribution in [-0.2, 0) is 0 Å². The van der Waals surface area contributed by atoms with E-state index in [9.17, 15) is 13.2 Å². The van der Waals surface area contributed by atoms with Crippen molar-refractivity contribution in [1.29, 1.82) is 0 Å². The Morgan fingerprint density at radius 3 is 2.18 bits per heavy atom. The monoisotopic (exact) mass is 253 g/mol. The second-order valence-corrected chi connectivity index (χ2v) is 4.87. The molecule has 0 bridgehead atoms. The summed E-state index contributed by atoms with van der Waals surface area (Å²) in [5.41, 5.74) is 0. The lowest BCUT2D eigenvalue weighted by atomic mass is 10.0. The molecule has 3 nitrogen and oxygen atoms in total. The third kappa shape index (κ3) is 6.24. The zero-order valence-electron chi connectivity index (χ0n) is 10.6. The number of hydrogen-bond acceptors (Lipinski definition) is 3. The van der Waals surface area contributed by atoms with Gasteiger partial charge in [-0.3, -0.25) is 4.90 Å². The molecule has 1 saturated heterocycles. The van der Waals surface area contributed by atoms with E-state index in [1.165, 1.54) is 0 Å². The molecule has 17 heavy (non-hydrogen) atoms. The first kappa shape index (κ1) is 14.7. The van der Waals surface area contributed by atoms with Crippen molar-refractivity contribution < 1.29 is 13.2 Å². The molecule has 1 rings (SSSR count). The highest BCUT2D eigenvalue weighted by atomic mass is 19.4. The number of hydrogen-bond donors (Lipinski definition) is 1. The summed E-state index contributed by atoms with van der Waals surface area (Å²) in [7, 11) is 3.77. The van der Waals surface area contributed by atoms with Crippen LogP contribution in [0.25, 0.3) is 0 Å². The van der Waals surface area contributed by atoms with Crippen LogP contribution in [-0.4, -0.2) is 68.8 Å². The summed E-state index contributed by atoms with van der Waals surface area (Å²) in [6, 6.07) is 0.0674. The van der Waals surface area contributed by atoms with Gasteiger partial charge in [0.05, 0.1) is 6.54 Å². The molecule has 0 aromatic rings. The Morgan fingerprint density at radius 1 is 1.12 bits per heavy atom. The van der Waals surface area contributed by atoms with Crippen LogP contribution in [0.4, 0.5) is 13.2 Å². The second-order valence-electron chi connectivity index (χ2n) is 4.87. The third-order valence-corrected chi connectivity index (χ3v) is 3.04. The van der Waals surface area contributed by atoms with Crippen molar-refractivity contribution in [2.45, 2.75) is 25.1 Å². The summed E-state index contributed by atoms with van der Waals surface area (Å²) in [5, 5.41) is 3.18. The summed E-state index contributed by atoms with van der Waals surface area (Å²) in [4.78, 5) is 3.51. The van der Waals surface area contributed by atoms with E-state index in [1.54, 1.807) is 4.90 Å². The molecule has 1 aliphatic rings. The molecule has 6 heteroatoms. The van der Waals surface area contributed by atoms with Crippen LogP contribution in [0.3, 0.4) is 0 Å². The van der Waals surface area contributed by atoms with E-state index in [1.807, 2.05) is 19.0 Å². The van der Waals surface area contributed by atoms with Gasteiger partial charge in [0.15, 0.2) is 0 Å². The van der Waals surface area contributed by atoms with Crippen LogP contribution in [0.15, 0.2) is 0 Å². The average Bonchev–Trinajstić information content (AvgIpc) is 2.24. The van der Waals surface area contributed by atoms with Crippen LogP contribution in [0.5, 0.6) is 0 Å². The molecular formula is C11H22F3N3. The molecule has 102 valence electrons. The van der Waals surface area contributed by atoms with Gasteiger partial charge in [0, 0.05) is 19.1 Å². The summed E-state index contributed by atoms with van der Waals surface area (Å²) >= 11 is 0. The highest BCUT2D eigenvalue weighted by Crippen LogP contribution is 2.20. The van der Waals surface area contributed by atoms with E-state index in [2.05, 4.69) is 5.32 Å². The van der Waals surface area contributed by atoms with Crippen molar-refractivity contribution in [3.63, 3.8) is 0 Å². The fourth-order valence-corrected chi connectivity index (χ4v) is 2.12. The minimum atomic E-state index is -4.10. The van der Waals surface area contributed by atoms with Crippen molar-refractivity contribution in [1.82, 2.24) is 15.1 Å². The zero-order valence-corrected chi connectivity index (χ0v) is 10.6. The number of piperidine rings is 1. The average molecular weight is 253 g/mol. The SMILES string of the molecule is CN(C)CCN(CC(F)(F)F)C1CCNCC1. The Balaban J connectivity index is 2.50. The molecule has 0 amide bonds. The van der Waals surface area contributed by atoms with E-state index in [4.69, 9.17) is 0 Å². The first-order valence-corrected chi connectivity index (χ1v) is 6.05. The molecule has 1 heterocycles. The van der Waals surface area contributed by atoms with Crippen LogP contribution in [0.1, 0.15) is 12.8 Å². The van der Waals surface area contributed by atoms with Crippen LogP contribution in [0, 0.1) is 0 Å². The Hall–Kier alpha value is -0.330. The molecule has 0 aromatic heterocycles. The highest BCUT2D eigenvalue weighted by Gasteiger charge is 2.34. The normalized spacial score (nSPS) is 19.2. The molecule has 0 radical (unpaired) electrons. The molecule has 0 aliphatic carbocycles. The fourth-order valence-electron chi connectivity index (χ4n) is 2.12. The van der Waals surface area contributed by atoms with Crippen LogP contribution in [0.2, 0.25) is 0 Å². The number of nitrogens with one attached hydrogen (secondary N) is 1. The van der Waals surface area contributed by atoms with Crippen LogP contribution < -0.4 is 5.32 Å². The Morgan fingerprint density at radius 2 is 1.71 bits per heavy atom. The first-order chi connectivity index (χ1) is 7.88. The Labute approximate surface area is 101 Å². The molecule has 0 atom stereocenters. The fraction of sp³-hybridized carbons (Fsp3) is 1.00. The van der Waals surface area contributed by atoms with Gasteiger partial charge in [-0.25, -0.2) is 0 Å². The van der Waals surface area contributed by atoms with E-state index < -0.39 is 12.7 Å². The molecular weight excluding hydrogens is 231 g/mol. The lowest BCUT2D eigenvalue weighted by Crippen LogP contribution is -2.48. The number of halogens is 3.